The summed E-state index contributed by atoms with van der Waals surface area (Å²) in [6.07, 6.45) is 5.96. The number of para-hydroxylation sites is 2. The van der Waals surface area contributed by atoms with E-state index < -0.39 is 0 Å². The molecule has 2 unspecified atom stereocenters. The minimum absolute atomic E-state index is 0.315. The van der Waals surface area contributed by atoms with Crippen molar-refractivity contribution in [2.24, 2.45) is 0 Å². The first-order valence-corrected chi connectivity index (χ1v) is 7.95. The molecule has 0 aromatic heterocycles. The van der Waals surface area contributed by atoms with Gasteiger partial charge in [0, 0.05) is 6.04 Å². The third kappa shape index (κ3) is 4.41. The van der Waals surface area contributed by atoms with Crippen LogP contribution in [0.15, 0.2) is 24.3 Å². The van der Waals surface area contributed by atoms with Gasteiger partial charge in [-0.2, -0.15) is 0 Å². The van der Waals surface area contributed by atoms with E-state index in [0.29, 0.717) is 12.1 Å². The van der Waals surface area contributed by atoms with Gasteiger partial charge in [-0.3, -0.25) is 0 Å². The lowest BCUT2D eigenvalue weighted by atomic mass is 10.2. The molecule has 0 saturated heterocycles. The van der Waals surface area contributed by atoms with Crippen molar-refractivity contribution in [3.63, 3.8) is 0 Å². The van der Waals surface area contributed by atoms with Crippen molar-refractivity contribution >= 4 is 0 Å². The van der Waals surface area contributed by atoms with Crippen LogP contribution in [0, 0.1) is 0 Å². The quantitative estimate of drug-likeness (QED) is 0.784. The zero-order valence-corrected chi connectivity index (χ0v) is 12.7. The lowest BCUT2D eigenvalue weighted by Crippen LogP contribution is -2.28. The molecule has 0 bridgehead atoms. The number of nitrogens with one attached hydrogen (secondary N) is 1. The van der Waals surface area contributed by atoms with Crippen LogP contribution in [0.2, 0.25) is 0 Å². The summed E-state index contributed by atoms with van der Waals surface area (Å²) in [5, 5.41) is 3.58. The zero-order valence-electron chi connectivity index (χ0n) is 12.7. The molecule has 1 aliphatic carbocycles. The fraction of sp³-hybridized carbons (Fsp3) is 0.647. The molecule has 1 saturated carbocycles. The summed E-state index contributed by atoms with van der Waals surface area (Å²) in [6.45, 7) is 6.17. The van der Waals surface area contributed by atoms with Crippen molar-refractivity contribution in [3.8, 4) is 11.5 Å². The second-order valence-electron chi connectivity index (χ2n) is 5.50. The molecule has 112 valence electrons. The number of hydrogen-bond donors (Lipinski definition) is 1. The molecule has 3 nitrogen and oxygen atoms in total. The van der Waals surface area contributed by atoms with E-state index in [9.17, 15) is 0 Å². The number of rotatable bonds is 8. The minimum atomic E-state index is 0.315. The van der Waals surface area contributed by atoms with Crippen molar-refractivity contribution in [1.82, 2.24) is 5.32 Å². The van der Waals surface area contributed by atoms with E-state index in [2.05, 4.69) is 19.2 Å². The molecule has 1 aromatic carbocycles. The Bertz CT molecular complexity index is 394. The number of hydrogen-bond acceptors (Lipinski definition) is 3. The first-order valence-electron chi connectivity index (χ1n) is 7.95. The van der Waals surface area contributed by atoms with Gasteiger partial charge in [0.05, 0.1) is 6.61 Å². The highest BCUT2D eigenvalue weighted by Crippen LogP contribution is 2.31. The third-order valence-corrected chi connectivity index (χ3v) is 3.67. The Kier molecular flexibility index (Phi) is 6.19. The normalized spacial score (nSPS) is 21.9. The fourth-order valence-corrected chi connectivity index (χ4v) is 2.64. The van der Waals surface area contributed by atoms with Crippen molar-refractivity contribution in [1.29, 1.82) is 0 Å². The van der Waals surface area contributed by atoms with Crippen LogP contribution in [0.25, 0.3) is 0 Å². The first-order chi connectivity index (χ1) is 9.83. The standard InChI is InChI=1S/C17H27NO2/c1-3-11-18-14-9-10-15(13-14)20-17-8-6-5-7-16(17)19-12-4-2/h5-8,14-15,18H,3-4,9-13H2,1-2H3. The van der Waals surface area contributed by atoms with Crippen LogP contribution in [0.1, 0.15) is 46.0 Å². The van der Waals surface area contributed by atoms with Gasteiger partial charge >= 0.3 is 0 Å². The van der Waals surface area contributed by atoms with E-state index >= 15 is 0 Å². The molecule has 0 aliphatic heterocycles. The maximum atomic E-state index is 6.15. The van der Waals surface area contributed by atoms with E-state index in [1.165, 1.54) is 12.8 Å². The Morgan fingerprint density at radius 1 is 1.10 bits per heavy atom. The summed E-state index contributed by atoms with van der Waals surface area (Å²) in [7, 11) is 0. The second-order valence-corrected chi connectivity index (χ2v) is 5.50. The van der Waals surface area contributed by atoms with E-state index in [1.54, 1.807) is 0 Å². The molecule has 2 atom stereocenters. The molecule has 3 heteroatoms. The Balaban J connectivity index is 1.87. The van der Waals surface area contributed by atoms with Crippen molar-refractivity contribution in [2.75, 3.05) is 13.2 Å². The van der Waals surface area contributed by atoms with Gasteiger partial charge in [-0.15, -0.1) is 0 Å². The molecule has 20 heavy (non-hydrogen) atoms. The van der Waals surface area contributed by atoms with E-state index in [4.69, 9.17) is 9.47 Å². The van der Waals surface area contributed by atoms with Crippen molar-refractivity contribution < 1.29 is 9.47 Å². The average Bonchev–Trinajstić information content (AvgIpc) is 2.92. The Hall–Kier alpha value is -1.22. The summed E-state index contributed by atoms with van der Waals surface area (Å²) < 4.78 is 11.9. The van der Waals surface area contributed by atoms with Gasteiger partial charge in [0.2, 0.25) is 0 Å². The monoisotopic (exact) mass is 277 g/mol. The Morgan fingerprint density at radius 2 is 1.90 bits per heavy atom. The summed E-state index contributed by atoms with van der Waals surface area (Å²) in [4.78, 5) is 0. The van der Waals surface area contributed by atoms with Crippen molar-refractivity contribution in [2.45, 2.75) is 58.1 Å². The molecule has 2 rings (SSSR count). The molecule has 0 amide bonds. The maximum Gasteiger partial charge on any atom is 0.161 e. The van der Waals surface area contributed by atoms with Crippen LogP contribution in [0.5, 0.6) is 11.5 Å². The Labute approximate surface area is 122 Å². The predicted molar refractivity (Wildman–Crippen MR) is 82.6 cm³/mol. The van der Waals surface area contributed by atoms with Crippen LogP contribution in [-0.2, 0) is 0 Å². The van der Waals surface area contributed by atoms with Gasteiger partial charge in [0.15, 0.2) is 11.5 Å². The minimum Gasteiger partial charge on any atom is -0.490 e. The predicted octanol–water partition coefficient (Wildman–Crippen LogP) is 3.77. The molecule has 1 aliphatic rings. The molecule has 0 radical (unpaired) electrons. The lowest BCUT2D eigenvalue weighted by Gasteiger charge is -2.17. The third-order valence-electron chi connectivity index (χ3n) is 3.67. The van der Waals surface area contributed by atoms with E-state index in [0.717, 1.165) is 43.9 Å². The van der Waals surface area contributed by atoms with Crippen LogP contribution in [-0.4, -0.2) is 25.3 Å². The van der Waals surface area contributed by atoms with Crippen molar-refractivity contribution in [3.05, 3.63) is 24.3 Å². The fourth-order valence-electron chi connectivity index (χ4n) is 2.64. The van der Waals surface area contributed by atoms with E-state index in [-0.39, 0.29) is 0 Å². The van der Waals surface area contributed by atoms with Gasteiger partial charge in [-0.05, 0) is 50.8 Å². The Morgan fingerprint density at radius 3 is 2.65 bits per heavy atom. The van der Waals surface area contributed by atoms with Gasteiger partial charge in [0.25, 0.3) is 0 Å². The van der Waals surface area contributed by atoms with E-state index in [1.807, 2.05) is 24.3 Å². The summed E-state index contributed by atoms with van der Waals surface area (Å²) >= 11 is 0. The van der Waals surface area contributed by atoms with Gasteiger partial charge in [-0.1, -0.05) is 26.0 Å². The molecular weight excluding hydrogens is 250 g/mol. The first kappa shape index (κ1) is 15.2. The van der Waals surface area contributed by atoms with Crippen LogP contribution in [0.4, 0.5) is 0 Å². The van der Waals surface area contributed by atoms with Crippen LogP contribution in [0.3, 0.4) is 0 Å². The highest BCUT2D eigenvalue weighted by atomic mass is 16.5. The smallest absolute Gasteiger partial charge is 0.161 e. The highest BCUT2D eigenvalue weighted by Gasteiger charge is 2.26. The van der Waals surface area contributed by atoms with Gasteiger partial charge in [-0.25, -0.2) is 0 Å². The lowest BCUT2D eigenvalue weighted by molar-refractivity contribution is 0.192. The van der Waals surface area contributed by atoms with Crippen LogP contribution < -0.4 is 14.8 Å². The molecule has 0 spiro atoms. The number of ether oxygens (including phenoxy) is 2. The van der Waals surface area contributed by atoms with Gasteiger partial charge in [0.1, 0.15) is 6.10 Å². The molecule has 1 N–H and O–H groups in total. The van der Waals surface area contributed by atoms with Gasteiger partial charge < -0.3 is 14.8 Å². The van der Waals surface area contributed by atoms with Crippen LogP contribution >= 0.6 is 0 Å². The maximum absolute atomic E-state index is 6.15. The molecule has 1 aromatic rings. The zero-order chi connectivity index (χ0) is 14.2. The summed E-state index contributed by atoms with van der Waals surface area (Å²) in [5.74, 6) is 1.77. The second kappa shape index (κ2) is 8.15. The molecule has 0 heterocycles. The topological polar surface area (TPSA) is 30.5 Å². The average molecular weight is 277 g/mol. The summed E-state index contributed by atoms with van der Waals surface area (Å²) in [5.41, 5.74) is 0. The molecular formula is C17H27NO2. The largest absolute Gasteiger partial charge is 0.490 e. The number of benzene rings is 1. The SMILES string of the molecule is CCCNC1CCC(Oc2ccccc2OCCC)C1. The highest BCUT2D eigenvalue weighted by molar-refractivity contribution is 5.39. The molecule has 1 fully saturated rings. The summed E-state index contributed by atoms with van der Waals surface area (Å²) in [6, 6.07) is 8.63.